The van der Waals surface area contributed by atoms with Crippen LogP contribution < -0.4 is 15.0 Å². The number of carbonyl (C=O) groups is 1. The van der Waals surface area contributed by atoms with E-state index in [-0.39, 0.29) is 25.4 Å². The maximum Gasteiger partial charge on any atom is 0.343 e. The molecule has 3 aliphatic heterocycles. The van der Waals surface area contributed by atoms with Crippen LogP contribution in [0.25, 0.3) is 33.4 Å². The molecule has 0 spiro atoms. The van der Waals surface area contributed by atoms with Crippen LogP contribution in [0.3, 0.4) is 0 Å². The molecule has 0 saturated carbocycles. The highest BCUT2D eigenvalue weighted by molar-refractivity contribution is 6.01. The second kappa shape index (κ2) is 7.43. The van der Waals surface area contributed by atoms with E-state index >= 15 is 0 Å². The number of cyclic esters (lactones) is 1. The van der Waals surface area contributed by atoms with Gasteiger partial charge in [0.05, 0.1) is 29.0 Å². The van der Waals surface area contributed by atoms with E-state index in [1.54, 1.807) is 17.6 Å². The number of fused-ring (bicyclic) bond motifs is 6. The lowest BCUT2D eigenvalue weighted by atomic mass is 9.86. The van der Waals surface area contributed by atoms with Crippen LogP contribution in [0, 0.1) is 13.8 Å². The normalized spacial score (nSPS) is 19.0. The molecule has 0 saturated heterocycles. The highest BCUT2D eigenvalue weighted by Crippen LogP contribution is 2.46. The fraction of sp³-hybridized carbons (Fsp3) is 0.276. The fourth-order valence-electron chi connectivity index (χ4n) is 5.70. The third-order valence-corrected chi connectivity index (χ3v) is 7.98. The Balaban J connectivity index is 1.56. The summed E-state index contributed by atoms with van der Waals surface area (Å²) in [6.07, 6.45) is 0.0943. The van der Waals surface area contributed by atoms with Gasteiger partial charge in [-0.3, -0.25) is 4.79 Å². The minimum Gasteiger partial charge on any atom is -0.458 e. The van der Waals surface area contributed by atoms with Crippen LogP contribution in [0.15, 0.2) is 41.2 Å². The number of hydrogen-bond donors (Lipinski definition) is 1. The van der Waals surface area contributed by atoms with Gasteiger partial charge in [-0.05, 0) is 54.7 Å². The van der Waals surface area contributed by atoms with Gasteiger partial charge in [-0.15, -0.1) is 0 Å². The van der Waals surface area contributed by atoms with Gasteiger partial charge in [0.25, 0.3) is 5.56 Å². The maximum absolute atomic E-state index is 13.7. The molecule has 0 bridgehead atoms. The van der Waals surface area contributed by atoms with Gasteiger partial charge in [-0.25, -0.2) is 9.78 Å². The van der Waals surface area contributed by atoms with Gasteiger partial charge in [0, 0.05) is 22.6 Å². The number of hydrogen-bond acceptors (Lipinski definition) is 7. The third kappa shape index (κ3) is 2.90. The van der Waals surface area contributed by atoms with Gasteiger partial charge in [0.2, 0.25) is 6.79 Å². The molecule has 1 N–H and O–H groups in total. The second-order valence-electron chi connectivity index (χ2n) is 9.94. The Bertz CT molecular complexity index is 1750. The summed E-state index contributed by atoms with van der Waals surface area (Å²) in [6, 6.07) is 11.9. The molecular formula is C29H24N2O6. The van der Waals surface area contributed by atoms with Gasteiger partial charge in [0.15, 0.2) is 17.1 Å². The van der Waals surface area contributed by atoms with E-state index < -0.39 is 11.6 Å². The Labute approximate surface area is 212 Å². The average molecular weight is 497 g/mol. The molecule has 186 valence electrons. The Morgan fingerprint density at radius 2 is 1.78 bits per heavy atom. The van der Waals surface area contributed by atoms with Crippen molar-refractivity contribution in [3.63, 3.8) is 0 Å². The lowest BCUT2D eigenvalue weighted by Crippen LogP contribution is -2.44. The van der Waals surface area contributed by atoms with Crippen LogP contribution in [0.4, 0.5) is 0 Å². The van der Waals surface area contributed by atoms with Crippen LogP contribution in [0.1, 0.15) is 41.2 Å². The Morgan fingerprint density at radius 3 is 2.54 bits per heavy atom. The Morgan fingerprint density at radius 1 is 1.00 bits per heavy atom. The lowest BCUT2D eigenvalue weighted by molar-refractivity contribution is -0.172. The first-order chi connectivity index (χ1) is 17.8. The van der Waals surface area contributed by atoms with Crippen molar-refractivity contribution in [2.45, 2.75) is 45.9 Å². The van der Waals surface area contributed by atoms with E-state index in [1.807, 2.05) is 12.1 Å². The number of aryl methyl sites for hydroxylation is 2. The zero-order valence-electron chi connectivity index (χ0n) is 20.7. The Hall–Kier alpha value is -4.17. The minimum absolute atomic E-state index is 0.0943. The predicted octanol–water partition coefficient (Wildman–Crippen LogP) is 4.09. The third-order valence-electron chi connectivity index (χ3n) is 7.98. The van der Waals surface area contributed by atoms with Crippen LogP contribution in [0.2, 0.25) is 0 Å². The second-order valence-corrected chi connectivity index (χ2v) is 9.94. The lowest BCUT2D eigenvalue weighted by Gasteiger charge is -2.31. The summed E-state index contributed by atoms with van der Waals surface area (Å²) in [6.45, 7) is 6.15. The van der Waals surface area contributed by atoms with Gasteiger partial charge in [0.1, 0.15) is 6.61 Å². The first kappa shape index (κ1) is 22.1. The fourth-order valence-corrected chi connectivity index (χ4v) is 5.70. The molecule has 37 heavy (non-hydrogen) atoms. The van der Waals surface area contributed by atoms with Crippen LogP contribution in [-0.4, -0.2) is 27.4 Å². The number of aromatic nitrogens is 2. The minimum atomic E-state index is -1.87. The largest absolute Gasteiger partial charge is 0.458 e. The summed E-state index contributed by atoms with van der Waals surface area (Å²) in [5.74, 6) is 0.543. The molecule has 5 heterocycles. The van der Waals surface area contributed by atoms with E-state index in [2.05, 4.69) is 32.0 Å². The molecule has 2 aromatic heterocycles. The summed E-state index contributed by atoms with van der Waals surface area (Å²) in [7, 11) is 0. The first-order valence-corrected chi connectivity index (χ1v) is 12.3. The first-order valence-electron chi connectivity index (χ1n) is 12.3. The van der Waals surface area contributed by atoms with Crippen molar-refractivity contribution < 1.29 is 24.1 Å². The monoisotopic (exact) mass is 496 g/mol. The summed E-state index contributed by atoms with van der Waals surface area (Å²) in [4.78, 5) is 31.2. The zero-order valence-corrected chi connectivity index (χ0v) is 20.7. The van der Waals surface area contributed by atoms with Crippen LogP contribution >= 0.6 is 0 Å². The molecule has 0 amide bonds. The predicted molar refractivity (Wildman–Crippen MR) is 136 cm³/mol. The molecule has 8 nitrogen and oxygen atoms in total. The van der Waals surface area contributed by atoms with E-state index in [4.69, 9.17) is 19.2 Å². The number of esters is 1. The average Bonchev–Trinajstić information content (AvgIpc) is 3.50. The zero-order chi connectivity index (χ0) is 25.6. The molecule has 2 aromatic carbocycles. The van der Waals surface area contributed by atoms with E-state index in [0.717, 1.165) is 27.6 Å². The number of pyridine rings is 2. The Kier molecular flexibility index (Phi) is 4.43. The number of carbonyl (C=O) groups excluding carboxylic acids is 1. The summed E-state index contributed by atoms with van der Waals surface area (Å²) < 4.78 is 18.2. The topological polar surface area (TPSA) is 99.9 Å². The molecule has 0 fully saturated rings. The molecule has 4 aromatic rings. The quantitative estimate of drug-likeness (QED) is 0.368. The summed E-state index contributed by atoms with van der Waals surface area (Å²) in [5.41, 5.74) is 5.62. The highest BCUT2D eigenvalue weighted by atomic mass is 16.7. The van der Waals surface area contributed by atoms with Gasteiger partial charge in [-0.2, -0.15) is 0 Å². The van der Waals surface area contributed by atoms with Crippen molar-refractivity contribution in [2.75, 3.05) is 6.79 Å². The van der Waals surface area contributed by atoms with Crippen molar-refractivity contribution in [3.8, 4) is 34.0 Å². The van der Waals surface area contributed by atoms with E-state index in [0.29, 0.717) is 46.1 Å². The molecule has 0 radical (unpaired) electrons. The van der Waals surface area contributed by atoms with Gasteiger partial charge < -0.3 is 23.9 Å². The molecular weight excluding hydrogens is 472 g/mol. The smallest absolute Gasteiger partial charge is 0.343 e. The van der Waals surface area contributed by atoms with E-state index in [1.165, 1.54) is 5.56 Å². The highest BCUT2D eigenvalue weighted by Gasteiger charge is 2.45. The van der Waals surface area contributed by atoms with Crippen molar-refractivity contribution in [1.29, 1.82) is 0 Å². The van der Waals surface area contributed by atoms with Crippen LogP contribution in [0.5, 0.6) is 11.5 Å². The maximum atomic E-state index is 13.7. The van der Waals surface area contributed by atoms with Gasteiger partial charge >= 0.3 is 5.97 Å². The van der Waals surface area contributed by atoms with Crippen molar-refractivity contribution in [2.24, 2.45) is 0 Å². The van der Waals surface area contributed by atoms with Crippen molar-refractivity contribution in [1.82, 2.24) is 9.55 Å². The SMILES string of the molecule is CC[C@@]1(O)C(=O)OCc2c1cc1n(c2=O)Cc2c-1nc1cc3c(cc1c2-c1ccc(C)c(C)c1)OCO3. The van der Waals surface area contributed by atoms with Crippen molar-refractivity contribution in [3.05, 3.63) is 74.6 Å². The van der Waals surface area contributed by atoms with Gasteiger partial charge in [-0.1, -0.05) is 25.1 Å². The number of rotatable bonds is 2. The number of nitrogens with zero attached hydrogens (tertiary/aromatic N) is 2. The summed E-state index contributed by atoms with van der Waals surface area (Å²) >= 11 is 0. The molecule has 0 unspecified atom stereocenters. The number of aliphatic hydroxyl groups is 1. The van der Waals surface area contributed by atoms with Crippen molar-refractivity contribution >= 4 is 16.9 Å². The van der Waals surface area contributed by atoms with E-state index in [9.17, 15) is 14.7 Å². The molecule has 8 heteroatoms. The molecule has 3 aliphatic rings. The number of ether oxygens (including phenoxy) is 3. The molecule has 1 atom stereocenters. The number of benzene rings is 2. The van der Waals surface area contributed by atoms with Crippen LogP contribution in [-0.2, 0) is 28.3 Å². The molecule has 7 rings (SSSR count). The summed E-state index contributed by atoms with van der Waals surface area (Å²) in [5, 5.41) is 12.1. The standard InChI is InChI=1S/C29H24N2O6/c1-4-29(34)20-9-22-26-18(11-31(22)27(32)19(20)12-35-28(29)33)25(16-6-5-14(2)15(3)7-16)17-8-23-24(37-13-36-23)10-21(17)30-26/h5-10,34H,4,11-13H2,1-3H3/t29-/m0/s1. The molecule has 0 aliphatic carbocycles.